The van der Waals surface area contributed by atoms with E-state index in [9.17, 15) is 14.0 Å². The van der Waals surface area contributed by atoms with Crippen LogP contribution in [0.25, 0.3) is 0 Å². The molecule has 2 aromatic rings. The maximum Gasteiger partial charge on any atom is 0.321 e. The minimum absolute atomic E-state index is 0.189. The molecule has 0 bridgehead atoms. The normalized spacial score (nSPS) is 17.7. The first-order valence-electron chi connectivity index (χ1n) is 9.02. The summed E-state index contributed by atoms with van der Waals surface area (Å²) in [6, 6.07) is 5.55. The number of hydrogen-bond acceptors (Lipinski definition) is 6. The number of benzene rings is 1. The predicted molar refractivity (Wildman–Crippen MR) is 106 cm³/mol. The summed E-state index contributed by atoms with van der Waals surface area (Å²) in [6.07, 6.45) is -0.639. The van der Waals surface area contributed by atoms with Crippen molar-refractivity contribution in [3.05, 3.63) is 46.7 Å². The number of hydrogen-bond donors (Lipinski definition) is 2. The number of amides is 3. The number of thiazole rings is 1. The monoisotopic (exact) mass is 422 g/mol. The summed E-state index contributed by atoms with van der Waals surface area (Å²) < 4.78 is 24.2. The summed E-state index contributed by atoms with van der Waals surface area (Å²) in [5.41, 5.74) is 1.30. The Bertz CT molecular complexity index is 889. The second-order valence-electron chi connectivity index (χ2n) is 7.09. The second-order valence-corrected chi connectivity index (χ2v) is 7.95. The largest absolute Gasteiger partial charge is 0.347 e. The number of carbonyl (C=O) groups is 2. The lowest BCUT2D eigenvalue weighted by atomic mass is 10.2. The van der Waals surface area contributed by atoms with Crippen molar-refractivity contribution in [1.82, 2.24) is 15.2 Å². The van der Waals surface area contributed by atoms with E-state index in [1.54, 1.807) is 38.4 Å². The van der Waals surface area contributed by atoms with Crippen LogP contribution in [0.15, 0.2) is 29.6 Å². The standard InChI is InChI=1S/C19H23FN4O4S/c1-19(2)27-10-15(28-19)16(25)24(3)9-14-11-29-18(22-14)23-17(26)21-8-12-5-4-6-13(20)7-12/h4-7,11,15H,8-10H2,1-3H3,(H2,21,22,23,26)/t15-/m1/s1. The maximum atomic E-state index is 13.2. The van der Waals surface area contributed by atoms with Gasteiger partial charge in [0.1, 0.15) is 5.82 Å². The van der Waals surface area contributed by atoms with Crippen LogP contribution in [0.5, 0.6) is 0 Å². The van der Waals surface area contributed by atoms with Crippen molar-refractivity contribution < 1.29 is 23.5 Å². The number of carbonyl (C=O) groups excluding carboxylic acids is 2. The highest BCUT2D eigenvalue weighted by molar-refractivity contribution is 7.13. The molecule has 1 aromatic heterocycles. The van der Waals surface area contributed by atoms with Crippen LogP contribution in [0.4, 0.5) is 14.3 Å². The van der Waals surface area contributed by atoms with Crippen LogP contribution >= 0.6 is 11.3 Å². The molecule has 1 atom stereocenters. The van der Waals surface area contributed by atoms with Gasteiger partial charge < -0.3 is 19.7 Å². The van der Waals surface area contributed by atoms with Crippen LogP contribution in [0, 0.1) is 5.82 Å². The minimum atomic E-state index is -0.766. The van der Waals surface area contributed by atoms with E-state index in [1.165, 1.54) is 28.4 Å². The molecular formula is C19H23FN4O4S. The molecule has 1 fully saturated rings. The van der Waals surface area contributed by atoms with E-state index in [4.69, 9.17) is 9.47 Å². The molecule has 156 valence electrons. The number of ether oxygens (including phenoxy) is 2. The van der Waals surface area contributed by atoms with Gasteiger partial charge in [0.15, 0.2) is 17.0 Å². The smallest absolute Gasteiger partial charge is 0.321 e. The molecule has 8 nitrogen and oxygen atoms in total. The fourth-order valence-corrected chi connectivity index (χ4v) is 3.48. The SMILES string of the molecule is CN(Cc1csc(NC(=O)NCc2cccc(F)c2)n1)C(=O)[C@H]1COC(C)(C)O1. The Labute approximate surface area is 172 Å². The molecule has 10 heteroatoms. The summed E-state index contributed by atoms with van der Waals surface area (Å²) in [7, 11) is 1.66. The molecule has 2 N–H and O–H groups in total. The predicted octanol–water partition coefficient (Wildman–Crippen LogP) is 2.71. The minimum Gasteiger partial charge on any atom is -0.347 e. The van der Waals surface area contributed by atoms with Crippen molar-refractivity contribution >= 4 is 28.4 Å². The fourth-order valence-electron chi connectivity index (χ4n) is 2.78. The van der Waals surface area contributed by atoms with Gasteiger partial charge in [-0.1, -0.05) is 12.1 Å². The molecule has 0 saturated carbocycles. The van der Waals surface area contributed by atoms with Crippen LogP contribution in [-0.4, -0.2) is 47.4 Å². The first kappa shape index (κ1) is 21.2. The van der Waals surface area contributed by atoms with Crippen molar-refractivity contribution in [3.8, 4) is 0 Å². The van der Waals surface area contributed by atoms with Gasteiger partial charge in [-0.15, -0.1) is 11.3 Å². The molecule has 1 saturated heterocycles. The number of halogens is 1. The number of aromatic nitrogens is 1. The van der Waals surface area contributed by atoms with Crippen molar-refractivity contribution in [2.45, 2.75) is 38.8 Å². The Morgan fingerprint density at radius 1 is 1.41 bits per heavy atom. The van der Waals surface area contributed by atoms with Gasteiger partial charge in [0, 0.05) is 19.0 Å². The van der Waals surface area contributed by atoms with Crippen molar-refractivity contribution in [3.63, 3.8) is 0 Å². The van der Waals surface area contributed by atoms with Crippen LogP contribution < -0.4 is 10.6 Å². The molecule has 2 heterocycles. The lowest BCUT2D eigenvalue weighted by Crippen LogP contribution is -2.38. The lowest BCUT2D eigenvalue weighted by molar-refractivity contribution is -0.159. The third-order valence-electron chi connectivity index (χ3n) is 4.17. The topological polar surface area (TPSA) is 92.8 Å². The molecule has 0 radical (unpaired) electrons. The van der Waals surface area contributed by atoms with E-state index in [2.05, 4.69) is 15.6 Å². The molecule has 3 rings (SSSR count). The highest BCUT2D eigenvalue weighted by Crippen LogP contribution is 2.24. The Hall–Kier alpha value is -2.56. The number of rotatable bonds is 6. The number of anilines is 1. The van der Waals surface area contributed by atoms with E-state index in [0.29, 0.717) is 16.4 Å². The highest BCUT2D eigenvalue weighted by Gasteiger charge is 2.38. The zero-order valence-corrected chi connectivity index (χ0v) is 17.2. The zero-order valence-electron chi connectivity index (χ0n) is 16.4. The molecule has 1 aliphatic heterocycles. The molecule has 1 aliphatic rings. The van der Waals surface area contributed by atoms with Crippen LogP contribution in [0.2, 0.25) is 0 Å². The first-order valence-corrected chi connectivity index (χ1v) is 9.90. The maximum absolute atomic E-state index is 13.2. The summed E-state index contributed by atoms with van der Waals surface area (Å²) >= 11 is 1.25. The average molecular weight is 422 g/mol. The van der Waals surface area contributed by atoms with Crippen molar-refractivity contribution in [2.75, 3.05) is 19.0 Å². The summed E-state index contributed by atoms with van der Waals surface area (Å²) in [5.74, 6) is -1.31. The first-order chi connectivity index (χ1) is 13.7. The fraction of sp³-hybridized carbons (Fsp3) is 0.421. The van der Waals surface area contributed by atoms with Gasteiger partial charge in [-0.3, -0.25) is 10.1 Å². The van der Waals surface area contributed by atoms with Gasteiger partial charge in [-0.05, 0) is 31.5 Å². The summed E-state index contributed by atoms with van der Waals surface area (Å²) in [5, 5.41) is 7.44. The molecule has 29 heavy (non-hydrogen) atoms. The molecule has 0 spiro atoms. The number of likely N-dealkylation sites (N-methyl/N-ethyl adjacent to an activating group) is 1. The third-order valence-corrected chi connectivity index (χ3v) is 4.98. The van der Waals surface area contributed by atoms with Gasteiger partial charge in [0.25, 0.3) is 5.91 Å². The van der Waals surface area contributed by atoms with Crippen molar-refractivity contribution in [2.24, 2.45) is 0 Å². The van der Waals surface area contributed by atoms with E-state index in [-0.39, 0.29) is 31.4 Å². The summed E-state index contributed by atoms with van der Waals surface area (Å²) in [6.45, 7) is 4.21. The van der Waals surface area contributed by atoms with Crippen LogP contribution in [0.1, 0.15) is 25.1 Å². The van der Waals surface area contributed by atoms with E-state index in [1.807, 2.05) is 0 Å². The highest BCUT2D eigenvalue weighted by atomic mass is 32.1. The molecule has 1 aromatic carbocycles. The quantitative estimate of drug-likeness (QED) is 0.747. The van der Waals surface area contributed by atoms with Gasteiger partial charge in [0.05, 0.1) is 18.8 Å². The molecule has 3 amide bonds. The molecular weight excluding hydrogens is 399 g/mol. The van der Waals surface area contributed by atoms with Crippen molar-refractivity contribution in [1.29, 1.82) is 0 Å². The molecule has 0 unspecified atom stereocenters. The Morgan fingerprint density at radius 2 is 2.21 bits per heavy atom. The van der Waals surface area contributed by atoms with Crippen LogP contribution in [0.3, 0.4) is 0 Å². The Morgan fingerprint density at radius 3 is 2.90 bits per heavy atom. The zero-order chi connectivity index (χ0) is 21.0. The van der Waals surface area contributed by atoms with Crippen LogP contribution in [-0.2, 0) is 27.4 Å². The number of nitrogens with zero attached hydrogens (tertiary/aromatic N) is 2. The van der Waals surface area contributed by atoms with Gasteiger partial charge in [-0.25, -0.2) is 14.2 Å². The number of urea groups is 1. The third kappa shape index (κ3) is 5.96. The lowest BCUT2D eigenvalue weighted by Gasteiger charge is -2.21. The van der Waals surface area contributed by atoms with E-state index in [0.717, 1.165) is 0 Å². The van der Waals surface area contributed by atoms with Gasteiger partial charge in [-0.2, -0.15) is 0 Å². The Balaban J connectivity index is 1.47. The van der Waals surface area contributed by atoms with E-state index >= 15 is 0 Å². The Kier molecular flexibility index (Phi) is 6.46. The second kappa shape index (κ2) is 8.85. The average Bonchev–Trinajstić information content (AvgIpc) is 3.25. The van der Waals surface area contributed by atoms with Gasteiger partial charge >= 0.3 is 6.03 Å². The van der Waals surface area contributed by atoms with Gasteiger partial charge in [0.2, 0.25) is 0 Å². The van der Waals surface area contributed by atoms with E-state index < -0.39 is 17.9 Å². The summed E-state index contributed by atoms with van der Waals surface area (Å²) in [4.78, 5) is 30.3. The number of nitrogens with one attached hydrogen (secondary N) is 2. The molecule has 0 aliphatic carbocycles.